The van der Waals surface area contributed by atoms with Crippen LogP contribution < -0.4 is 9.47 Å². The minimum Gasteiger partial charge on any atom is -0.497 e. The first-order valence-corrected chi connectivity index (χ1v) is 8.74. The maximum atomic E-state index is 11.9. The van der Waals surface area contributed by atoms with Gasteiger partial charge in [-0.05, 0) is 49.9 Å². The van der Waals surface area contributed by atoms with E-state index in [-0.39, 0.29) is 0 Å². The van der Waals surface area contributed by atoms with Gasteiger partial charge in [-0.15, -0.1) is 0 Å². The zero-order valence-corrected chi connectivity index (χ0v) is 14.5. The third kappa shape index (κ3) is 3.95. The van der Waals surface area contributed by atoms with Crippen LogP contribution in [0.1, 0.15) is 44.9 Å². The first kappa shape index (κ1) is 17.3. The number of aromatic nitrogens is 2. The fourth-order valence-corrected chi connectivity index (χ4v) is 3.30. The molecule has 1 aliphatic rings. The zero-order chi connectivity index (χ0) is 17.7. The van der Waals surface area contributed by atoms with Crippen LogP contribution in [0.2, 0.25) is 0 Å². The van der Waals surface area contributed by atoms with Crippen LogP contribution in [0.3, 0.4) is 0 Å². The Morgan fingerprint density at radius 3 is 2.32 bits per heavy atom. The summed E-state index contributed by atoms with van der Waals surface area (Å²) in [5.74, 6) is 0.372. The third-order valence-electron chi connectivity index (χ3n) is 4.76. The quantitative estimate of drug-likeness (QED) is 0.892. The summed E-state index contributed by atoms with van der Waals surface area (Å²) < 4.78 is 12.8. The molecule has 0 unspecified atom stereocenters. The average molecular weight is 344 g/mol. The van der Waals surface area contributed by atoms with Crippen LogP contribution in [0.4, 0.5) is 0 Å². The first-order valence-electron chi connectivity index (χ1n) is 8.74. The minimum atomic E-state index is -1.14. The highest BCUT2D eigenvalue weighted by Crippen LogP contribution is 2.32. The van der Waals surface area contributed by atoms with E-state index >= 15 is 0 Å². The Hall–Kier alpha value is -2.50. The number of hydrogen-bond acceptors (Lipinski definition) is 4. The number of carbonyl (C=O) groups is 1. The Bertz CT molecular complexity index is 700. The molecule has 0 amide bonds. The number of carboxylic acid groups (broad SMARTS) is 1. The molecule has 134 valence electrons. The van der Waals surface area contributed by atoms with Gasteiger partial charge in [-0.3, -0.25) is 0 Å². The zero-order valence-electron chi connectivity index (χ0n) is 14.5. The van der Waals surface area contributed by atoms with Crippen LogP contribution >= 0.6 is 0 Å². The molecule has 0 spiro atoms. The lowest BCUT2D eigenvalue weighted by Crippen LogP contribution is -2.45. The molecule has 1 fully saturated rings. The second-order valence-corrected chi connectivity index (χ2v) is 6.49. The molecule has 1 aromatic carbocycles. The molecule has 0 radical (unpaired) electrons. The molecule has 1 saturated carbocycles. The highest BCUT2D eigenvalue weighted by atomic mass is 16.5. The number of rotatable bonds is 5. The SMILES string of the molecule is COc1ccc(-n2cc(OC3(C(=O)O)CCCCCCC3)cn2)cc1. The molecule has 3 rings (SSSR count). The highest BCUT2D eigenvalue weighted by molar-refractivity contribution is 5.78. The van der Waals surface area contributed by atoms with Crippen LogP contribution in [-0.2, 0) is 4.79 Å². The lowest BCUT2D eigenvalue weighted by Gasteiger charge is -2.31. The number of hydrogen-bond donors (Lipinski definition) is 1. The summed E-state index contributed by atoms with van der Waals surface area (Å²) in [7, 11) is 1.62. The lowest BCUT2D eigenvalue weighted by atomic mass is 9.87. The molecule has 0 aliphatic heterocycles. The van der Waals surface area contributed by atoms with Crippen molar-refractivity contribution in [3.8, 4) is 17.2 Å². The van der Waals surface area contributed by atoms with Gasteiger partial charge in [0.1, 0.15) is 5.75 Å². The van der Waals surface area contributed by atoms with Crippen LogP contribution in [0.15, 0.2) is 36.7 Å². The Morgan fingerprint density at radius 2 is 1.72 bits per heavy atom. The smallest absolute Gasteiger partial charge is 0.348 e. The number of ether oxygens (including phenoxy) is 2. The van der Waals surface area contributed by atoms with E-state index in [0.717, 1.165) is 37.1 Å². The number of carboxylic acids is 1. The van der Waals surface area contributed by atoms with E-state index in [9.17, 15) is 9.90 Å². The predicted molar refractivity (Wildman–Crippen MR) is 93.4 cm³/mol. The maximum Gasteiger partial charge on any atom is 0.348 e. The third-order valence-corrected chi connectivity index (χ3v) is 4.76. The van der Waals surface area contributed by atoms with E-state index in [2.05, 4.69) is 5.10 Å². The summed E-state index contributed by atoms with van der Waals surface area (Å²) in [5, 5.41) is 14.1. The summed E-state index contributed by atoms with van der Waals surface area (Å²) in [6.45, 7) is 0. The first-order chi connectivity index (χ1) is 12.1. The van der Waals surface area contributed by atoms with Gasteiger partial charge in [0.2, 0.25) is 5.60 Å². The molecule has 0 saturated heterocycles. The molecule has 1 aromatic heterocycles. The molecule has 6 heteroatoms. The van der Waals surface area contributed by atoms with Gasteiger partial charge in [0.15, 0.2) is 5.75 Å². The normalized spacial score (nSPS) is 17.3. The van der Waals surface area contributed by atoms with Crippen molar-refractivity contribution in [1.29, 1.82) is 0 Å². The van der Waals surface area contributed by atoms with Crippen molar-refractivity contribution in [2.24, 2.45) is 0 Å². The van der Waals surface area contributed by atoms with Crippen molar-refractivity contribution in [3.05, 3.63) is 36.7 Å². The second kappa shape index (κ2) is 7.59. The van der Waals surface area contributed by atoms with Crippen molar-refractivity contribution < 1.29 is 19.4 Å². The fourth-order valence-electron chi connectivity index (χ4n) is 3.30. The van der Waals surface area contributed by atoms with Gasteiger partial charge in [-0.1, -0.05) is 19.3 Å². The van der Waals surface area contributed by atoms with E-state index in [4.69, 9.17) is 9.47 Å². The molecular formula is C19H24N2O4. The van der Waals surface area contributed by atoms with Gasteiger partial charge in [-0.25, -0.2) is 9.48 Å². The van der Waals surface area contributed by atoms with Crippen LogP contribution in [0.5, 0.6) is 11.5 Å². The standard InChI is InChI=1S/C19H24N2O4/c1-24-16-9-7-15(8-10-16)21-14-17(13-20-21)25-19(18(22)23)11-5-3-2-4-6-12-19/h7-10,13-14H,2-6,11-12H2,1H3,(H,22,23). The molecule has 1 aliphatic carbocycles. The number of aliphatic carboxylic acids is 1. The van der Waals surface area contributed by atoms with E-state index in [1.165, 1.54) is 6.42 Å². The van der Waals surface area contributed by atoms with Crippen molar-refractivity contribution in [3.63, 3.8) is 0 Å². The Morgan fingerprint density at radius 1 is 1.08 bits per heavy atom. The number of benzene rings is 1. The molecular weight excluding hydrogens is 320 g/mol. The summed E-state index contributed by atoms with van der Waals surface area (Å²) in [6.07, 6.45) is 9.42. The van der Waals surface area contributed by atoms with Gasteiger partial charge in [0.05, 0.1) is 25.2 Å². The Labute approximate surface area is 147 Å². The van der Waals surface area contributed by atoms with Gasteiger partial charge in [0, 0.05) is 0 Å². The van der Waals surface area contributed by atoms with Crippen molar-refractivity contribution in [1.82, 2.24) is 9.78 Å². The molecule has 0 atom stereocenters. The van der Waals surface area contributed by atoms with E-state index in [0.29, 0.717) is 18.6 Å². The highest BCUT2D eigenvalue weighted by Gasteiger charge is 2.41. The van der Waals surface area contributed by atoms with Crippen LogP contribution in [-0.4, -0.2) is 33.6 Å². The van der Waals surface area contributed by atoms with Crippen molar-refractivity contribution >= 4 is 5.97 Å². The van der Waals surface area contributed by atoms with Gasteiger partial charge >= 0.3 is 5.97 Å². The predicted octanol–water partition coefficient (Wildman–Crippen LogP) is 3.83. The summed E-state index contributed by atoms with van der Waals surface area (Å²) >= 11 is 0. The van der Waals surface area contributed by atoms with E-state index in [1.807, 2.05) is 24.3 Å². The molecule has 25 heavy (non-hydrogen) atoms. The number of nitrogens with zero attached hydrogens (tertiary/aromatic N) is 2. The largest absolute Gasteiger partial charge is 0.497 e. The summed E-state index contributed by atoms with van der Waals surface area (Å²) in [6, 6.07) is 7.48. The Balaban J connectivity index is 1.78. The van der Waals surface area contributed by atoms with Crippen LogP contribution in [0.25, 0.3) is 5.69 Å². The van der Waals surface area contributed by atoms with E-state index in [1.54, 1.807) is 24.2 Å². The molecule has 2 aromatic rings. The molecule has 6 nitrogen and oxygen atoms in total. The average Bonchev–Trinajstić information content (AvgIpc) is 3.05. The fraction of sp³-hybridized carbons (Fsp3) is 0.474. The summed E-state index contributed by atoms with van der Waals surface area (Å²) in [5.41, 5.74) is -0.286. The molecule has 1 heterocycles. The topological polar surface area (TPSA) is 73.6 Å². The van der Waals surface area contributed by atoms with Gasteiger partial charge < -0.3 is 14.6 Å². The van der Waals surface area contributed by atoms with Gasteiger partial charge in [0.25, 0.3) is 0 Å². The summed E-state index contributed by atoms with van der Waals surface area (Å²) in [4.78, 5) is 11.9. The maximum absolute atomic E-state index is 11.9. The monoisotopic (exact) mass is 344 g/mol. The number of methoxy groups -OCH3 is 1. The molecule has 1 N–H and O–H groups in total. The Kier molecular flexibility index (Phi) is 5.26. The lowest BCUT2D eigenvalue weighted by molar-refractivity contribution is -0.157. The van der Waals surface area contributed by atoms with Crippen molar-refractivity contribution in [2.75, 3.05) is 7.11 Å². The van der Waals surface area contributed by atoms with E-state index < -0.39 is 11.6 Å². The second-order valence-electron chi connectivity index (χ2n) is 6.49. The van der Waals surface area contributed by atoms with Crippen LogP contribution in [0, 0.1) is 0 Å². The van der Waals surface area contributed by atoms with Crippen molar-refractivity contribution in [2.45, 2.75) is 50.5 Å². The minimum absolute atomic E-state index is 0.485. The van der Waals surface area contributed by atoms with Gasteiger partial charge in [-0.2, -0.15) is 5.10 Å². The molecule has 0 bridgehead atoms.